The van der Waals surface area contributed by atoms with Gasteiger partial charge in [-0.3, -0.25) is 10.1 Å². The van der Waals surface area contributed by atoms with Crippen LogP contribution in [0, 0.1) is 10.1 Å². The number of non-ortho nitro benzene ring substituents is 1. The Bertz CT molecular complexity index is 1260. The zero-order valence-electron chi connectivity index (χ0n) is 21.3. The molecule has 1 N–H and O–H groups in total. The lowest BCUT2D eigenvalue weighted by molar-refractivity contribution is -0.384. The van der Waals surface area contributed by atoms with Crippen molar-refractivity contribution >= 4 is 23.7 Å². The minimum absolute atomic E-state index is 0.00573. The number of benzene rings is 2. The topological polar surface area (TPSA) is 117 Å². The summed E-state index contributed by atoms with van der Waals surface area (Å²) >= 11 is 0. The van der Waals surface area contributed by atoms with Gasteiger partial charge in [0.2, 0.25) is 0 Å². The molecule has 0 amide bonds. The first-order valence-corrected chi connectivity index (χ1v) is 11.7. The summed E-state index contributed by atoms with van der Waals surface area (Å²) in [7, 11) is 2.84. The summed E-state index contributed by atoms with van der Waals surface area (Å²) in [4.78, 5) is 37.2. The molecule has 1 aliphatic rings. The number of nitrogens with one attached hydrogen (secondary N) is 1. The third-order valence-corrected chi connectivity index (χ3v) is 5.99. The number of rotatable bonds is 10. The van der Waals surface area contributed by atoms with Crippen molar-refractivity contribution in [2.24, 2.45) is 0 Å². The van der Waals surface area contributed by atoms with Crippen LogP contribution in [-0.2, 0) is 23.8 Å². The zero-order valence-corrected chi connectivity index (χ0v) is 21.3. The summed E-state index contributed by atoms with van der Waals surface area (Å²) in [6.45, 7) is 3.84. The molecule has 0 aliphatic carbocycles. The first-order valence-electron chi connectivity index (χ1n) is 11.7. The van der Waals surface area contributed by atoms with Crippen LogP contribution in [0.3, 0.4) is 0 Å². The Morgan fingerprint density at radius 2 is 1.68 bits per heavy atom. The number of esters is 2. The van der Waals surface area contributed by atoms with Gasteiger partial charge in [-0.05, 0) is 37.0 Å². The monoisotopic (exact) mass is 506 g/mol. The van der Waals surface area contributed by atoms with Gasteiger partial charge >= 0.3 is 11.9 Å². The average molecular weight is 507 g/mol. The molecule has 0 bridgehead atoms. The molecular weight excluding hydrogens is 476 g/mol. The van der Waals surface area contributed by atoms with Crippen molar-refractivity contribution in [2.45, 2.75) is 26.2 Å². The van der Waals surface area contributed by atoms with E-state index in [9.17, 15) is 19.7 Å². The summed E-state index contributed by atoms with van der Waals surface area (Å²) in [5.41, 5.74) is 3.38. The Kier molecular flexibility index (Phi) is 9.34. The maximum absolute atomic E-state index is 13.5. The second-order valence-corrected chi connectivity index (χ2v) is 8.51. The van der Waals surface area contributed by atoms with Gasteiger partial charge in [0, 0.05) is 30.6 Å². The predicted octanol–water partition coefficient (Wildman–Crippen LogP) is 4.67. The second kappa shape index (κ2) is 12.6. The fourth-order valence-electron chi connectivity index (χ4n) is 4.24. The lowest BCUT2D eigenvalue weighted by atomic mass is 9.80. The van der Waals surface area contributed by atoms with E-state index in [-0.39, 0.29) is 23.4 Å². The van der Waals surface area contributed by atoms with E-state index >= 15 is 0 Å². The van der Waals surface area contributed by atoms with Crippen LogP contribution >= 0.6 is 0 Å². The van der Waals surface area contributed by atoms with Crippen molar-refractivity contribution in [1.29, 1.82) is 0 Å². The van der Waals surface area contributed by atoms with Gasteiger partial charge in [0.05, 0.1) is 35.7 Å². The van der Waals surface area contributed by atoms with Crippen molar-refractivity contribution < 1.29 is 28.7 Å². The molecule has 1 unspecified atom stereocenters. The minimum Gasteiger partial charge on any atom is -0.466 e. The number of methoxy groups -OCH3 is 2. The van der Waals surface area contributed by atoms with E-state index in [4.69, 9.17) is 14.2 Å². The summed E-state index contributed by atoms with van der Waals surface area (Å²) in [6, 6.07) is 15.5. The van der Waals surface area contributed by atoms with Gasteiger partial charge in [0.1, 0.15) is 6.61 Å². The molecule has 0 fully saturated rings. The zero-order chi connectivity index (χ0) is 26.9. The van der Waals surface area contributed by atoms with Gasteiger partial charge in [-0.1, -0.05) is 48.5 Å². The van der Waals surface area contributed by atoms with Crippen LogP contribution < -0.4 is 5.32 Å². The Balaban J connectivity index is 1.98. The molecule has 1 atom stereocenters. The maximum atomic E-state index is 13.5. The van der Waals surface area contributed by atoms with Crippen molar-refractivity contribution in [1.82, 2.24) is 5.32 Å². The standard InChI is InChI=1S/C28H30N2O7/c1-18-24(27(31)36-4)26(22-11-8-12-23(16-22)30(33)34)25(19(2)29-18)28(32)37-17-21(13-14-35-3)15-20-9-6-5-7-10-20/h5-12,15-16,26,29H,13-14,17H2,1-4H3. The molecule has 0 radical (unpaired) electrons. The lowest BCUT2D eigenvalue weighted by Crippen LogP contribution is -2.32. The molecule has 2 aromatic rings. The Morgan fingerprint density at radius 1 is 1.00 bits per heavy atom. The lowest BCUT2D eigenvalue weighted by Gasteiger charge is -2.30. The number of hydrogen-bond acceptors (Lipinski definition) is 8. The van der Waals surface area contributed by atoms with Crippen LogP contribution in [0.2, 0.25) is 0 Å². The van der Waals surface area contributed by atoms with Gasteiger partial charge in [-0.2, -0.15) is 0 Å². The number of nitro benzene ring substituents is 1. The van der Waals surface area contributed by atoms with Crippen molar-refractivity contribution in [3.63, 3.8) is 0 Å². The van der Waals surface area contributed by atoms with Crippen molar-refractivity contribution in [3.8, 4) is 0 Å². The minimum atomic E-state index is -0.915. The molecule has 37 heavy (non-hydrogen) atoms. The molecule has 9 heteroatoms. The molecule has 3 rings (SSSR count). The Morgan fingerprint density at radius 3 is 2.30 bits per heavy atom. The predicted molar refractivity (Wildman–Crippen MR) is 138 cm³/mol. The molecule has 0 spiro atoms. The normalized spacial score (nSPS) is 15.8. The van der Waals surface area contributed by atoms with E-state index in [0.717, 1.165) is 11.1 Å². The van der Waals surface area contributed by atoms with Crippen LogP contribution in [0.5, 0.6) is 0 Å². The van der Waals surface area contributed by atoms with Crippen molar-refractivity contribution in [3.05, 3.63) is 104 Å². The summed E-state index contributed by atoms with van der Waals surface area (Å²) < 4.78 is 15.9. The largest absolute Gasteiger partial charge is 0.466 e. The highest BCUT2D eigenvalue weighted by Crippen LogP contribution is 2.40. The van der Waals surface area contributed by atoms with Crippen LogP contribution in [-0.4, -0.2) is 44.3 Å². The highest BCUT2D eigenvalue weighted by molar-refractivity contribution is 6.00. The average Bonchev–Trinajstić information content (AvgIpc) is 2.89. The van der Waals surface area contributed by atoms with E-state index < -0.39 is 22.8 Å². The molecular formula is C28H30N2O7. The fourth-order valence-corrected chi connectivity index (χ4v) is 4.24. The number of ether oxygens (including phenoxy) is 3. The van der Waals surface area contributed by atoms with Gasteiger partial charge < -0.3 is 19.5 Å². The highest BCUT2D eigenvalue weighted by atomic mass is 16.6. The van der Waals surface area contributed by atoms with E-state index in [1.54, 1.807) is 27.0 Å². The third kappa shape index (κ3) is 6.71. The highest BCUT2D eigenvalue weighted by Gasteiger charge is 2.38. The molecule has 0 saturated heterocycles. The number of carbonyl (C=O) groups excluding carboxylic acids is 2. The smallest absolute Gasteiger partial charge is 0.337 e. The number of dihydropyridines is 1. The van der Waals surface area contributed by atoms with Gasteiger partial charge in [0.15, 0.2) is 0 Å². The maximum Gasteiger partial charge on any atom is 0.337 e. The van der Waals surface area contributed by atoms with E-state index in [1.165, 1.54) is 25.3 Å². The number of carbonyl (C=O) groups is 2. The fraction of sp³-hybridized carbons (Fsp3) is 0.286. The molecule has 194 valence electrons. The number of hydrogen-bond donors (Lipinski definition) is 1. The second-order valence-electron chi connectivity index (χ2n) is 8.51. The van der Waals surface area contributed by atoms with Crippen LogP contribution in [0.1, 0.15) is 37.3 Å². The molecule has 9 nitrogen and oxygen atoms in total. The molecule has 1 aliphatic heterocycles. The number of allylic oxidation sites excluding steroid dienone is 2. The van der Waals surface area contributed by atoms with Gasteiger partial charge in [-0.25, -0.2) is 9.59 Å². The third-order valence-electron chi connectivity index (χ3n) is 5.99. The van der Waals surface area contributed by atoms with Crippen molar-refractivity contribution in [2.75, 3.05) is 27.4 Å². The Labute approximate surface area is 215 Å². The first kappa shape index (κ1) is 27.3. The summed E-state index contributed by atoms with van der Waals surface area (Å²) in [6.07, 6.45) is 2.49. The molecule has 1 heterocycles. The van der Waals surface area contributed by atoms with Gasteiger partial charge in [0.25, 0.3) is 5.69 Å². The molecule has 0 aromatic heterocycles. The number of nitrogens with zero attached hydrogens (tertiary/aromatic N) is 1. The molecule has 2 aromatic carbocycles. The van der Waals surface area contributed by atoms with E-state index in [0.29, 0.717) is 30.0 Å². The van der Waals surface area contributed by atoms with Crippen LogP contribution in [0.15, 0.2) is 82.7 Å². The summed E-state index contributed by atoms with van der Waals surface area (Å²) in [5.74, 6) is -2.21. The van der Waals surface area contributed by atoms with Crippen LogP contribution in [0.25, 0.3) is 6.08 Å². The van der Waals surface area contributed by atoms with E-state index in [1.807, 2.05) is 36.4 Å². The van der Waals surface area contributed by atoms with Gasteiger partial charge in [-0.15, -0.1) is 0 Å². The van der Waals surface area contributed by atoms with Crippen LogP contribution in [0.4, 0.5) is 5.69 Å². The SMILES string of the molecule is COCCC(=Cc1ccccc1)COC(=O)C1=C(C)NC(C)=C(C(=O)OC)C1c1cccc([N+](=O)[O-])c1. The van der Waals surface area contributed by atoms with E-state index in [2.05, 4.69) is 5.32 Å². The quantitative estimate of drug-likeness (QED) is 0.281. The summed E-state index contributed by atoms with van der Waals surface area (Å²) in [5, 5.41) is 14.5. The number of nitro groups is 1. The molecule has 0 saturated carbocycles. The first-order chi connectivity index (χ1) is 17.8. The Hall–Kier alpha value is -4.24.